The zero-order valence-electron chi connectivity index (χ0n) is 14.1. The molecule has 0 radical (unpaired) electrons. The van der Waals surface area contributed by atoms with Gasteiger partial charge >= 0.3 is 0 Å². The van der Waals surface area contributed by atoms with E-state index in [1.54, 1.807) is 12.3 Å². The van der Waals surface area contributed by atoms with Crippen molar-refractivity contribution in [2.75, 3.05) is 5.32 Å². The van der Waals surface area contributed by atoms with E-state index >= 15 is 0 Å². The van der Waals surface area contributed by atoms with Crippen LogP contribution in [0.25, 0.3) is 22.4 Å². The summed E-state index contributed by atoms with van der Waals surface area (Å²) < 4.78 is 14.3. The van der Waals surface area contributed by atoms with Crippen LogP contribution in [0.3, 0.4) is 0 Å². The molecule has 4 rings (SSSR count). The van der Waals surface area contributed by atoms with E-state index in [-0.39, 0.29) is 11.9 Å². The molecule has 1 unspecified atom stereocenters. The molecule has 0 bridgehead atoms. The second kappa shape index (κ2) is 6.88. The Kier molecular flexibility index (Phi) is 4.42. The van der Waals surface area contributed by atoms with Crippen molar-refractivity contribution in [1.82, 2.24) is 19.9 Å². The maximum Gasteiger partial charge on any atom is 0.164 e. The van der Waals surface area contributed by atoms with Crippen LogP contribution in [0.5, 0.6) is 0 Å². The minimum absolute atomic E-state index is 0.0816. The van der Waals surface area contributed by atoms with E-state index in [0.29, 0.717) is 33.6 Å². The predicted molar refractivity (Wildman–Crippen MR) is 102 cm³/mol. The van der Waals surface area contributed by atoms with Crippen molar-refractivity contribution < 1.29 is 4.39 Å². The summed E-state index contributed by atoms with van der Waals surface area (Å²) in [5, 5.41) is 3.57. The van der Waals surface area contributed by atoms with Gasteiger partial charge in [-0.15, -0.1) is 0 Å². The summed E-state index contributed by atoms with van der Waals surface area (Å²) in [6, 6.07) is 1.78. The van der Waals surface area contributed by atoms with Crippen molar-refractivity contribution in [2.45, 2.75) is 19.4 Å². The highest BCUT2D eigenvalue weighted by atomic mass is 35.5. The van der Waals surface area contributed by atoms with Crippen molar-refractivity contribution in [2.24, 2.45) is 5.92 Å². The molecule has 5 nitrogen and oxygen atoms in total. The molecule has 0 saturated heterocycles. The second-order valence-corrected chi connectivity index (χ2v) is 6.67. The molecule has 2 atom stereocenters. The van der Waals surface area contributed by atoms with E-state index in [4.69, 9.17) is 11.6 Å². The smallest absolute Gasteiger partial charge is 0.164 e. The molecule has 7 heteroatoms. The molecule has 0 amide bonds. The molecular formula is C19H17ClFN5. The lowest BCUT2D eigenvalue weighted by Crippen LogP contribution is -2.25. The lowest BCUT2D eigenvalue weighted by Gasteiger charge is -2.24. The van der Waals surface area contributed by atoms with Gasteiger partial charge in [-0.2, -0.15) is 0 Å². The van der Waals surface area contributed by atoms with E-state index in [1.807, 2.05) is 19.1 Å². The summed E-state index contributed by atoms with van der Waals surface area (Å²) in [4.78, 5) is 15.7. The maximum absolute atomic E-state index is 14.3. The van der Waals surface area contributed by atoms with Gasteiger partial charge in [-0.1, -0.05) is 35.9 Å². The number of allylic oxidation sites excluding steroid dienone is 3. The van der Waals surface area contributed by atoms with Crippen molar-refractivity contribution >= 4 is 28.5 Å². The van der Waals surface area contributed by atoms with Crippen LogP contribution in [-0.4, -0.2) is 26.0 Å². The molecule has 1 aliphatic rings. The van der Waals surface area contributed by atoms with Crippen LogP contribution >= 0.6 is 11.6 Å². The molecule has 2 N–H and O–H groups in total. The maximum atomic E-state index is 14.3. The number of fused-ring (bicyclic) bond motifs is 1. The van der Waals surface area contributed by atoms with Crippen molar-refractivity contribution in [3.63, 3.8) is 0 Å². The topological polar surface area (TPSA) is 66.5 Å². The highest BCUT2D eigenvalue weighted by Crippen LogP contribution is 2.29. The highest BCUT2D eigenvalue weighted by Gasteiger charge is 2.18. The molecule has 0 spiro atoms. The number of nitrogens with one attached hydrogen (secondary N) is 2. The first-order valence-corrected chi connectivity index (χ1v) is 8.75. The number of rotatable bonds is 4. The van der Waals surface area contributed by atoms with Crippen molar-refractivity contribution in [3.05, 3.63) is 59.9 Å². The number of hydrogen-bond acceptors (Lipinski definition) is 4. The van der Waals surface area contributed by atoms with Gasteiger partial charge in [-0.25, -0.2) is 14.4 Å². The van der Waals surface area contributed by atoms with Gasteiger partial charge in [0.2, 0.25) is 0 Å². The zero-order valence-corrected chi connectivity index (χ0v) is 14.8. The molecule has 0 aliphatic heterocycles. The van der Waals surface area contributed by atoms with Crippen molar-refractivity contribution in [3.8, 4) is 11.3 Å². The lowest BCUT2D eigenvalue weighted by molar-refractivity contribution is 0.559. The van der Waals surface area contributed by atoms with Gasteiger partial charge in [0.25, 0.3) is 0 Å². The number of H-pyrrole nitrogens is 1. The largest absolute Gasteiger partial charge is 0.380 e. The molecule has 132 valence electrons. The molecule has 3 heterocycles. The Balaban J connectivity index is 1.66. The number of pyridine rings is 1. The Morgan fingerprint density at radius 2 is 2.19 bits per heavy atom. The first-order valence-electron chi connectivity index (χ1n) is 8.37. The van der Waals surface area contributed by atoms with Gasteiger partial charge in [-0.05, 0) is 19.4 Å². The van der Waals surface area contributed by atoms with Crippen LogP contribution in [0.2, 0.25) is 5.15 Å². The van der Waals surface area contributed by atoms with E-state index in [9.17, 15) is 4.39 Å². The summed E-state index contributed by atoms with van der Waals surface area (Å²) in [5.41, 5.74) is 2.96. The number of nitrogens with zero attached hydrogens (tertiary/aromatic N) is 3. The van der Waals surface area contributed by atoms with Crippen LogP contribution < -0.4 is 5.32 Å². The minimum atomic E-state index is -0.389. The summed E-state index contributed by atoms with van der Waals surface area (Å²) in [5.74, 6) is -0.0753. The summed E-state index contributed by atoms with van der Waals surface area (Å²) in [6.45, 7) is 2.05. The molecule has 3 aromatic rings. The van der Waals surface area contributed by atoms with E-state index < -0.39 is 0 Å². The third-order valence-electron chi connectivity index (χ3n) is 4.52. The SMILES string of the molecule is C[C@H](Nc1cc(-c2c[nH]c3ncc(Cl)nc23)ncc1F)C1C=CC=CC1. The van der Waals surface area contributed by atoms with Crippen LogP contribution in [0.1, 0.15) is 13.3 Å². The Morgan fingerprint density at radius 3 is 3.00 bits per heavy atom. The Labute approximate surface area is 155 Å². The Morgan fingerprint density at radius 1 is 1.31 bits per heavy atom. The molecular weight excluding hydrogens is 353 g/mol. The van der Waals surface area contributed by atoms with E-state index in [0.717, 1.165) is 12.0 Å². The molecule has 0 fully saturated rings. The standard InChI is InChI=1S/C19H17ClFN5/c1-11(12-5-3-2-4-6-12)25-16-7-15(22-9-14(16)21)13-8-23-19-18(13)26-17(20)10-24-19/h2-5,7-12H,6H2,1H3,(H,22,25)(H,23,24)/t11-,12?/m0/s1. The quantitative estimate of drug-likeness (QED) is 0.696. The number of halogens is 2. The number of anilines is 1. The lowest BCUT2D eigenvalue weighted by atomic mass is 9.93. The normalized spacial score (nSPS) is 17.6. The molecule has 3 aromatic heterocycles. The van der Waals surface area contributed by atoms with E-state index in [1.165, 1.54) is 12.4 Å². The highest BCUT2D eigenvalue weighted by molar-refractivity contribution is 6.29. The van der Waals surface area contributed by atoms with Crippen LogP contribution in [0.4, 0.5) is 10.1 Å². The zero-order chi connectivity index (χ0) is 18.1. The summed E-state index contributed by atoms with van der Waals surface area (Å²) in [7, 11) is 0. The summed E-state index contributed by atoms with van der Waals surface area (Å²) >= 11 is 5.95. The van der Waals surface area contributed by atoms with Crippen molar-refractivity contribution in [1.29, 1.82) is 0 Å². The molecule has 0 saturated carbocycles. The number of hydrogen-bond donors (Lipinski definition) is 2. The Hall–Kier alpha value is -2.73. The summed E-state index contributed by atoms with van der Waals surface area (Å²) in [6.07, 6.45) is 13.7. The second-order valence-electron chi connectivity index (χ2n) is 6.29. The van der Waals surface area contributed by atoms with Crippen LogP contribution in [-0.2, 0) is 0 Å². The predicted octanol–water partition coefficient (Wildman–Crippen LogP) is 4.75. The van der Waals surface area contributed by atoms with Gasteiger partial charge in [0, 0.05) is 23.7 Å². The van der Waals surface area contributed by atoms with Crippen LogP contribution in [0.15, 0.2) is 49.0 Å². The first-order chi connectivity index (χ1) is 12.6. The van der Waals surface area contributed by atoms with Gasteiger partial charge in [0.1, 0.15) is 10.7 Å². The minimum Gasteiger partial charge on any atom is -0.380 e. The average molecular weight is 370 g/mol. The molecule has 26 heavy (non-hydrogen) atoms. The third kappa shape index (κ3) is 3.20. The van der Waals surface area contributed by atoms with Gasteiger partial charge < -0.3 is 10.3 Å². The fourth-order valence-electron chi connectivity index (χ4n) is 3.08. The number of aromatic amines is 1. The van der Waals surface area contributed by atoms with Gasteiger partial charge in [0.05, 0.1) is 23.8 Å². The average Bonchev–Trinajstić information content (AvgIpc) is 3.07. The van der Waals surface area contributed by atoms with E-state index in [2.05, 4.69) is 37.4 Å². The van der Waals surface area contributed by atoms with Crippen LogP contribution in [0, 0.1) is 11.7 Å². The molecule has 0 aromatic carbocycles. The fraction of sp³-hybridized carbons (Fsp3) is 0.211. The third-order valence-corrected chi connectivity index (χ3v) is 4.70. The Bertz CT molecular complexity index is 1010. The molecule has 1 aliphatic carbocycles. The monoisotopic (exact) mass is 369 g/mol. The first kappa shape index (κ1) is 16.7. The van der Waals surface area contributed by atoms with Gasteiger partial charge in [0.15, 0.2) is 11.5 Å². The van der Waals surface area contributed by atoms with Gasteiger partial charge in [-0.3, -0.25) is 4.98 Å². The number of aromatic nitrogens is 4. The fourth-order valence-corrected chi connectivity index (χ4v) is 3.22.